The number of carbonyl (C=O) groups is 4. The minimum Gasteiger partial charge on any atom is -0.481 e. The number of ketones is 2. The first-order valence-corrected chi connectivity index (χ1v) is 16.2. The molecule has 0 aliphatic heterocycles. The van der Waals surface area contributed by atoms with Crippen molar-refractivity contribution in [3.8, 4) is 0 Å². The number of nitrogens with one attached hydrogen (secondary N) is 3. The molecule has 0 saturated carbocycles. The molecule has 0 aromatic carbocycles. The van der Waals surface area contributed by atoms with Gasteiger partial charge in [-0.25, -0.2) is 0 Å². The van der Waals surface area contributed by atoms with E-state index in [0.29, 0.717) is 19.5 Å². The minimum absolute atomic E-state index is 0.00670. The van der Waals surface area contributed by atoms with E-state index in [9.17, 15) is 24.3 Å². The molecular weight excluding hydrogens is 506 g/mol. The average molecular weight is 568 g/mol. The Bertz CT molecular complexity index is 671. The van der Waals surface area contributed by atoms with Crippen LogP contribution in [0, 0.1) is 5.92 Å². The lowest BCUT2D eigenvalue weighted by atomic mass is 9.94. The number of aliphatic carboxylic acids is 1. The molecule has 0 heterocycles. The summed E-state index contributed by atoms with van der Waals surface area (Å²) in [6.07, 6.45) is 19.7. The normalized spacial score (nSPS) is 12.7. The lowest BCUT2D eigenvalue weighted by Crippen LogP contribution is -2.38. The van der Waals surface area contributed by atoms with Crippen molar-refractivity contribution in [2.24, 2.45) is 5.92 Å². The Morgan fingerprint density at radius 1 is 0.725 bits per heavy atom. The molecule has 2 atom stereocenters. The molecule has 0 fully saturated rings. The molecule has 0 spiro atoms. The number of carboxylic acid groups (broad SMARTS) is 1. The number of carboxylic acids is 1. The summed E-state index contributed by atoms with van der Waals surface area (Å²) in [6.45, 7) is 5.44. The summed E-state index contributed by atoms with van der Waals surface area (Å²) in [7, 11) is 1.89. The van der Waals surface area contributed by atoms with Crippen LogP contribution in [0.5, 0.6) is 0 Å². The second-order valence-electron chi connectivity index (χ2n) is 11.5. The second-order valence-corrected chi connectivity index (χ2v) is 11.5. The minimum atomic E-state index is -0.997. The van der Waals surface area contributed by atoms with Gasteiger partial charge in [0.05, 0.1) is 12.5 Å². The molecule has 8 heteroatoms. The lowest BCUT2D eigenvalue weighted by molar-refractivity contribution is -0.144. The number of rotatable bonds is 30. The number of Topliss-reactive ketones (excluding diaryl/α,β-unsaturated/α-hetero) is 2. The van der Waals surface area contributed by atoms with Crippen LogP contribution in [-0.2, 0) is 19.2 Å². The highest BCUT2D eigenvalue weighted by atomic mass is 16.4. The van der Waals surface area contributed by atoms with Gasteiger partial charge >= 0.3 is 5.97 Å². The third-order valence-electron chi connectivity index (χ3n) is 7.58. The molecule has 40 heavy (non-hydrogen) atoms. The van der Waals surface area contributed by atoms with Crippen LogP contribution in [0.1, 0.15) is 142 Å². The fourth-order valence-corrected chi connectivity index (χ4v) is 4.94. The highest BCUT2D eigenvalue weighted by Gasteiger charge is 2.22. The number of hydrogen-bond acceptors (Lipinski definition) is 6. The standard InChI is InChI=1S/C32H61N3O5/c1-4-5-6-7-8-9-10-11-12-13-14-15-16-20-30(37)24-28(32(39)40)21-22-31(38)35-23-18-17-19-29(33-3)26-34-25-27(2)36/h28-29,33-34H,4-26H2,1-3H3,(H,35,38)(H,39,40)/t28-,29+/m1/s1. The van der Waals surface area contributed by atoms with Gasteiger partial charge in [0.25, 0.3) is 0 Å². The third kappa shape index (κ3) is 25.2. The number of amides is 1. The van der Waals surface area contributed by atoms with Gasteiger partial charge in [0, 0.05) is 38.4 Å². The SMILES string of the molecule is CCCCCCCCCCCCCCCC(=O)C[C@@H](CCC(=O)NCCCC[C@@H](CNCC(C)=O)NC)C(=O)O. The zero-order chi connectivity index (χ0) is 29.8. The van der Waals surface area contributed by atoms with Gasteiger partial charge in [-0.15, -0.1) is 0 Å². The summed E-state index contributed by atoms with van der Waals surface area (Å²) in [4.78, 5) is 47.2. The van der Waals surface area contributed by atoms with E-state index < -0.39 is 11.9 Å². The van der Waals surface area contributed by atoms with Gasteiger partial charge < -0.3 is 21.1 Å². The molecule has 0 aromatic rings. The Hall–Kier alpha value is -1.80. The monoisotopic (exact) mass is 567 g/mol. The molecule has 0 bridgehead atoms. The molecule has 0 aromatic heterocycles. The van der Waals surface area contributed by atoms with Crippen molar-refractivity contribution in [3.05, 3.63) is 0 Å². The zero-order valence-electron chi connectivity index (χ0n) is 26.0. The molecule has 0 radical (unpaired) electrons. The molecule has 234 valence electrons. The fraction of sp³-hybridized carbons (Fsp3) is 0.875. The molecule has 4 N–H and O–H groups in total. The fourth-order valence-electron chi connectivity index (χ4n) is 4.94. The maximum absolute atomic E-state index is 12.3. The lowest BCUT2D eigenvalue weighted by Gasteiger charge is -2.16. The number of likely N-dealkylation sites (N-methyl/N-ethyl adjacent to an activating group) is 1. The molecule has 0 rings (SSSR count). The van der Waals surface area contributed by atoms with Crippen LogP contribution in [0.25, 0.3) is 0 Å². The smallest absolute Gasteiger partial charge is 0.306 e. The predicted molar refractivity (Wildman–Crippen MR) is 164 cm³/mol. The highest BCUT2D eigenvalue weighted by Crippen LogP contribution is 2.16. The predicted octanol–water partition coefficient (Wildman–Crippen LogP) is 5.96. The van der Waals surface area contributed by atoms with Gasteiger partial charge in [0.2, 0.25) is 5.91 Å². The highest BCUT2D eigenvalue weighted by molar-refractivity contribution is 5.84. The van der Waals surface area contributed by atoms with E-state index in [1.54, 1.807) is 6.92 Å². The molecule has 0 aliphatic carbocycles. The Morgan fingerprint density at radius 2 is 1.30 bits per heavy atom. The van der Waals surface area contributed by atoms with Crippen LogP contribution < -0.4 is 16.0 Å². The number of hydrogen-bond donors (Lipinski definition) is 4. The summed E-state index contributed by atoms with van der Waals surface area (Å²) < 4.78 is 0. The summed E-state index contributed by atoms with van der Waals surface area (Å²) in [6, 6.07) is 0.267. The van der Waals surface area contributed by atoms with Crippen molar-refractivity contribution < 1.29 is 24.3 Å². The van der Waals surface area contributed by atoms with Crippen LogP contribution in [0.2, 0.25) is 0 Å². The van der Waals surface area contributed by atoms with E-state index in [1.165, 1.54) is 64.2 Å². The van der Waals surface area contributed by atoms with Crippen LogP contribution in [0.3, 0.4) is 0 Å². The second kappa shape index (κ2) is 27.4. The van der Waals surface area contributed by atoms with E-state index >= 15 is 0 Å². The van der Waals surface area contributed by atoms with Crippen LogP contribution >= 0.6 is 0 Å². The molecular formula is C32H61N3O5. The van der Waals surface area contributed by atoms with Crippen LogP contribution in [0.4, 0.5) is 0 Å². The Morgan fingerprint density at radius 3 is 1.82 bits per heavy atom. The third-order valence-corrected chi connectivity index (χ3v) is 7.58. The Balaban J connectivity index is 3.84. The first-order valence-electron chi connectivity index (χ1n) is 16.2. The molecule has 8 nitrogen and oxygen atoms in total. The van der Waals surface area contributed by atoms with Gasteiger partial charge in [0.1, 0.15) is 11.6 Å². The molecule has 0 aliphatic rings. The molecule has 0 saturated heterocycles. The van der Waals surface area contributed by atoms with Crippen molar-refractivity contribution in [3.63, 3.8) is 0 Å². The maximum atomic E-state index is 12.3. The van der Waals surface area contributed by atoms with Crippen molar-refractivity contribution in [2.75, 3.05) is 26.7 Å². The zero-order valence-corrected chi connectivity index (χ0v) is 26.0. The van der Waals surface area contributed by atoms with E-state index in [-0.39, 0.29) is 42.8 Å². The van der Waals surface area contributed by atoms with E-state index in [0.717, 1.165) is 45.1 Å². The van der Waals surface area contributed by atoms with E-state index in [1.807, 2.05) is 7.05 Å². The Labute approximate surface area is 244 Å². The average Bonchev–Trinajstić information content (AvgIpc) is 2.92. The summed E-state index contributed by atoms with van der Waals surface area (Å²) in [5.41, 5.74) is 0. The number of unbranched alkanes of at least 4 members (excludes halogenated alkanes) is 13. The van der Waals surface area contributed by atoms with Crippen molar-refractivity contribution in [2.45, 2.75) is 148 Å². The largest absolute Gasteiger partial charge is 0.481 e. The van der Waals surface area contributed by atoms with E-state index in [4.69, 9.17) is 0 Å². The van der Waals surface area contributed by atoms with Crippen molar-refractivity contribution >= 4 is 23.4 Å². The van der Waals surface area contributed by atoms with Gasteiger partial charge in [-0.1, -0.05) is 90.4 Å². The molecule has 0 unspecified atom stereocenters. The van der Waals surface area contributed by atoms with Crippen molar-refractivity contribution in [1.29, 1.82) is 0 Å². The maximum Gasteiger partial charge on any atom is 0.306 e. The topological polar surface area (TPSA) is 125 Å². The van der Waals surface area contributed by atoms with Gasteiger partial charge in [0.15, 0.2) is 0 Å². The van der Waals surface area contributed by atoms with Crippen LogP contribution in [0.15, 0.2) is 0 Å². The van der Waals surface area contributed by atoms with Gasteiger partial charge in [-0.2, -0.15) is 0 Å². The summed E-state index contributed by atoms with van der Waals surface area (Å²) in [5, 5.41) is 18.7. The summed E-state index contributed by atoms with van der Waals surface area (Å²) in [5.74, 6) is -1.85. The first kappa shape index (κ1) is 38.2. The van der Waals surface area contributed by atoms with E-state index in [2.05, 4.69) is 22.9 Å². The van der Waals surface area contributed by atoms with Gasteiger partial charge in [-0.05, 0) is 39.7 Å². The molecule has 1 amide bonds. The van der Waals surface area contributed by atoms with Crippen LogP contribution in [-0.4, -0.2) is 61.3 Å². The van der Waals surface area contributed by atoms with Crippen molar-refractivity contribution in [1.82, 2.24) is 16.0 Å². The summed E-state index contributed by atoms with van der Waals surface area (Å²) >= 11 is 0. The number of carbonyl (C=O) groups excluding carboxylic acids is 3. The first-order chi connectivity index (χ1) is 19.3. The quantitative estimate of drug-likeness (QED) is 0.0789. The Kier molecular flexibility index (Phi) is 26.1. The van der Waals surface area contributed by atoms with Gasteiger partial charge in [-0.3, -0.25) is 19.2 Å².